The summed E-state index contributed by atoms with van der Waals surface area (Å²) < 4.78 is 5.72. The Bertz CT molecular complexity index is 638. The molecule has 3 rings (SSSR count). The highest BCUT2D eigenvalue weighted by Crippen LogP contribution is 2.34. The zero-order valence-electron chi connectivity index (χ0n) is 10.0. The van der Waals surface area contributed by atoms with E-state index in [1.165, 1.54) is 6.07 Å². The second-order valence-electron chi connectivity index (χ2n) is 4.60. The Kier molecular flexibility index (Phi) is 2.79. The van der Waals surface area contributed by atoms with Gasteiger partial charge in [0.2, 0.25) is 0 Å². The minimum absolute atomic E-state index is 0.0177. The van der Waals surface area contributed by atoms with E-state index in [1.54, 1.807) is 24.4 Å². The molecule has 0 unspecified atom stereocenters. The van der Waals surface area contributed by atoms with Crippen LogP contribution in [0.2, 0.25) is 0 Å². The number of aliphatic hydroxyl groups is 1. The molecule has 0 aliphatic heterocycles. The summed E-state index contributed by atoms with van der Waals surface area (Å²) >= 11 is 0. The fourth-order valence-electron chi connectivity index (χ4n) is 2.20. The Balaban J connectivity index is 2.01. The first-order valence-corrected chi connectivity index (χ1v) is 6.02. The molecule has 1 aliphatic carbocycles. The van der Waals surface area contributed by atoms with Crippen LogP contribution in [0.4, 0.5) is 5.69 Å². The summed E-state index contributed by atoms with van der Waals surface area (Å²) in [7, 11) is 0. The van der Waals surface area contributed by atoms with Crippen molar-refractivity contribution < 1.29 is 14.8 Å². The average Bonchev–Trinajstić information content (AvgIpc) is 2.36. The van der Waals surface area contributed by atoms with Gasteiger partial charge in [0.05, 0.1) is 16.4 Å². The van der Waals surface area contributed by atoms with Crippen LogP contribution in [-0.4, -0.2) is 27.2 Å². The fraction of sp³-hybridized carbons (Fsp3) is 0.308. The Hall–Kier alpha value is -2.21. The molecule has 0 atom stereocenters. The topological polar surface area (TPSA) is 85.5 Å². The molecule has 1 aromatic carbocycles. The SMILES string of the molecule is O=[N+]([O-])c1ccc(OC2CC(O)C2)c2ncccc12. The second-order valence-corrected chi connectivity index (χ2v) is 4.60. The lowest BCUT2D eigenvalue weighted by Gasteiger charge is -2.31. The maximum atomic E-state index is 11.0. The fourth-order valence-corrected chi connectivity index (χ4v) is 2.20. The summed E-state index contributed by atoms with van der Waals surface area (Å²) in [6.45, 7) is 0. The van der Waals surface area contributed by atoms with Crippen molar-refractivity contribution in [3.05, 3.63) is 40.6 Å². The number of nitro groups is 1. The number of fused-ring (bicyclic) bond motifs is 1. The highest BCUT2D eigenvalue weighted by Gasteiger charge is 2.30. The van der Waals surface area contributed by atoms with E-state index in [2.05, 4.69) is 4.98 Å². The van der Waals surface area contributed by atoms with Crippen LogP contribution in [0.25, 0.3) is 10.9 Å². The van der Waals surface area contributed by atoms with E-state index >= 15 is 0 Å². The molecular formula is C13H12N2O4. The Labute approximate surface area is 108 Å². The number of non-ortho nitro benzene ring substituents is 1. The van der Waals surface area contributed by atoms with E-state index in [4.69, 9.17) is 4.74 Å². The van der Waals surface area contributed by atoms with Crippen molar-refractivity contribution >= 4 is 16.6 Å². The number of benzene rings is 1. The lowest BCUT2D eigenvalue weighted by Crippen LogP contribution is -2.37. The zero-order chi connectivity index (χ0) is 13.4. The molecule has 1 saturated carbocycles. The van der Waals surface area contributed by atoms with Gasteiger partial charge >= 0.3 is 0 Å². The minimum atomic E-state index is -0.430. The number of rotatable bonds is 3. The molecular weight excluding hydrogens is 248 g/mol. The molecule has 6 nitrogen and oxygen atoms in total. The maximum Gasteiger partial charge on any atom is 0.279 e. The molecule has 0 amide bonds. The molecule has 2 aromatic rings. The highest BCUT2D eigenvalue weighted by molar-refractivity contribution is 5.92. The first-order chi connectivity index (χ1) is 9.15. The first-order valence-electron chi connectivity index (χ1n) is 6.02. The number of hydrogen-bond acceptors (Lipinski definition) is 5. The molecule has 6 heteroatoms. The van der Waals surface area contributed by atoms with Crippen molar-refractivity contribution in [2.75, 3.05) is 0 Å². The predicted molar refractivity (Wildman–Crippen MR) is 68.1 cm³/mol. The number of aliphatic hydroxyl groups excluding tert-OH is 1. The summed E-state index contributed by atoms with van der Waals surface area (Å²) in [5, 5.41) is 20.7. The minimum Gasteiger partial charge on any atom is -0.488 e. The van der Waals surface area contributed by atoms with Crippen molar-refractivity contribution in [1.29, 1.82) is 0 Å². The number of hydrogen-bond donors (Lipinski definition) is 1. The van der Waals surface area contributed by atoms with Gasteiger partial charge in [-0.2, -0.15) is 0 Å². The van der Waals surface area contributed by atoms with Gasteiger partial charge in [0.25, 0.3) is 5.69 Å². The van der Waals surface area contributed by atoms with Crippen LogP contribution >= 0.6 is 0 Å². The third-order valence-electron chi connectivity index (χ3n) is 3.27. The van der Waals surface area contributed by atoms with Crippen molar-refractivity contribution in [2.45, 2.75) is 25.0 Å². The number of ether oxygens (including phenoxy) is 1. The standard InChI is InChI=1S/C13H12N2O4/c16-8-6-9(7-8)19-12-4-3-11(15(17)18)10-2-1-5-14-13(10)12/h1-5,8-9,16H,6-7H2. The van der Waals surface area contributed by atoms with Gasteiger partial charge < -0.3 is 9.84 Å². The molecule has 1 N–H and O–H groups in total. The largest absolute Gasteiger partial charge is 0.488 e. The number of pyridine rings is 1. The van der Waals surface area contributed by atoms with Crippen molar-refractivity contribution in [3.8, 4) is 5.75 Å². The molecule has 98 valence electrons. The van der Waals surface area contributed by atoms with E-state index in [0.717, 1.165) is 0 Å². The van der Waals surface area contributed by atoms with Gasteiger partial charge in [-0.15, -0.1) is 0 Å². The highest BCUT2D eigenvalue weighted by atomic mass is 16.6. The van der Waals surface area contributed by atoms with Crippen molar-refractivity contribution in [1.82, 2.24) is 4.98 Å². The molecule has 19 heavy (non-hydrogen) atoms. The summed E-state index contributed by atoms with van der Waals surface area (Å²) in [4.78, 5) is 14.7. The van der Waals surface area contributed by atoms with Crippen LogP contribution < -0.4 is 4.74 Å². The monoisotopic (exact) mass is 260 g/mol. The molecule has 1 heterocycles. The molecule has 0 saturated heterocycles. The third-order valence-corrected chi connectivity index (χ3v) is 3.27. The average molecular weight is 260 g/mol. The van der Waals surface area contributed by atoms with Gasteiger partial charge in [-0.1, -0.05) is 0 Å². The summed E-state index contributed by atoms with van der Waals surface area (Å²) in [6, 6.07) is 6.31. The van der Waals surface area contributed by atoms with E-state index in [-0.39, 0.29) is 17.9 Å². The summed E-state index contributed by atoms with van der Waals surface area (Å²) in [6.07, 6.45) is 2.41. The van der Waals surface area contributed by atoms with Crippen LogP contribution in [0.3, 0.4) is 0 Å². The molecule has 1 aliphatic rings. The predicted octanol–water partition coefficient (Wildman–Crippen LogP) is 2.05. The van der Waals surface area contributed by atoms with Gasteiger partial charge in [-0.05, 0) is 18.2 Å². The van der Waals surface area contributed by atoms with E-state index in [9.17, 15) is 15.2 Å². The molecule has 0 bridgehead atoms. The molecule has 0 spiro atoms. The van der Waals surface area contributed by atoms with Gasteiger partial charge in [-0.25, -0.2) is 0 Å². The second kappa shape index (κ2) is 4.47. The van der Waals surface area contributed by atoms with E-state index < -0.39 is 4.92 Å². The van der Waals surface area contributed by atoms with Crippen LogP contribution in [0.5, 0.6) is 5.75 Å². The zero-order valence-corrected chi connectivity index (χ0v) is 10.0. The van der Waals surface area contributed by atoms with Crippen LogP contribution in [-0.2, 0) is 0 Å². The Morgan fingerprint density at radius 1 is 1.37 bits per heavy atom. The smallest absolute Gasteiger partial charge is 0.279 e. The normalized spacial score (nSPS) is 21.9. The lowest BCUT2D eigenvalue weighted by atomic mass is 9.92. The van der Waals surface area contributed by atoms with Gasteiger partial charge in [0.15, 0.2) is 0 Å². The molecule has 1 fully saturated rings. The maximum absolute atomic E-state index is 11.0. The van der Waals surface area contributed by atoms with Crippen molar-refractivity contribution in [3.63, 3.8) is 0 Å². The first kappa shape index (κ1) is 11.9. The molecule has 0 radical (unpaired) electrons. The van der Waals surface area contributed by atoms with Crippen LogP contribution in [0.1, 0.15) is 12.8 Å². The van der Waals surface area contributed by atoms with E-state index in [1.807, 2.05) is 0 Å². The number of nitrogens with zero attached hydrogens (tertiary/aromatic N) is 2. The third kappa shape index (κ3) is 2.10. The number of aromatic nitrogens is 1. The summed E-state index contributed by atoms with van der Waals surface area (Å²) in [5.41, 5.74) is 0.502. The van der Waals surface area contributed by atoms with Crippen molar-refractivity contribution in [2.24, 2.45) is 0 Å². The van der Waals surface area contributed by atoms with Gasteiger partial charge in [0, 0.05) is 25.1 Å². The quantitative estimate of drug-likeness (QED) is 0.674. The van der Waals surface area contributed by atoms with Crippen LogP contribution in [0, 0.1) is 10.1 Å². The Morgan fingerprint density at radius 3 is 2.84 bits per heavy atom. The van der Waals surface area contributed by atoms with Crippen LogP contribution in [0.15, 0.2) is 30.5 Å². The Morgan fingerprint density at radius 2 is 2.16 bits per heavy atom. The molecule has 1 aromatic heterocycles. The summed E-state index contributed by atoms with van der Waals surface area (Å²) in [5.74, 6) is 0.526. The van der Waals surface area contributed by atoms with E-state index in [0.29, 0.717) is 29.5 Å². The lowest BCUT2D eigenvalue weighted by molar-refractivity contribution is -0.383. The number of nitro benzene ring substituents is 1. The van der Waals surface area contributed by atoms with Gasteiger partial charge in [0.1, 0.15) is 17.4 Å². The van der Waals surface area contributed by atoms with Gasteiger partial charge in [-0.3, -0.25) is 15.1 Å².